The minimum Gasteiger partial charge on any atom is -0.495 e. The fraction of sp³-hybridized carbons (Fsp3) is 0.211. The van der Waals surface area contributed by atoms with Crippen LogP contribution >= 0.6 is 11.6 Å². The highest BCUT2D eigenvalue weighted by atomic mass is 35.5. The Labute approximate surface area is 157 Å². The Morgan fingerprint density at radius 3 is 2.77 bits per heavy atom. The van der Waals surface area contributed by atoms with Crippen molar-refractivity contribution >= 4 is 29.1 Å². The van der Waals surface area contributed by atoms with Gasteiger partial charge >= 0.3 is 0 Å². The van der Waals surface area contributed by atoms with Crippen LogP contribution in [-0.4, -0.2) is 28.8 Å². The molecule has 0 aliphatic rings. The van der Waals surface area contributed by atoms with Crippen LogP contribution in [0.1, 0.15) is 12.0 Å². The van der Waals surface area contributed by atoms with Crippen LogP contribution in [0.3, 0.4) is 0 Å². The van der Waals surface area contributed by atoms with E-state index in [0.717, 1.165) is 19.4 Å². The number of aryl methyl sites for hydroxylation is 1. The van der Waals surface area contributed by atoms with E-state index in [4.69, 9.17) is 16.3 Å². The first-order valence-corrected chi connectivity index (χ1v) is 8.70. The zero-order chi connectivity index (χ0) is 18.2. The number of methoxy groups -OCH3 is 1. The number of ether oxygens (including phenoxy) is 1. The van der Waals surface area contributed by atoms with Crippen molar-refractivity contribution in [1.29, 1.82) is 0 Å². The topological polar surface area (TPSA) is 72.0 Å². The lowest BCUT2D eigenvalue weighted by Crippen LogP contribution is -2.08. The Morgan fingerprint density at radius 2 is 1.96 bits per heavy atom. The average molecular weight is 370 g/mol. The van der Waals surface area contributed by atoms with Crippen LogP contribution in [0.4, 0.5) is 17.5 Å². The van der Waals surface area contributed by atoms with Crippen LogP contribution in [0, 0.1) is 0 Å². The monoisotopic (exact) mass is 369 g/mol. The van der Waals surface area contributed by atoms with Crippen LogP contribution < -0.4 is 15.4 Å². The number of halogens is 1. The van der Waals surface area contributed by atoms with Crippen molar-refractivity contribution in [2.24, 2.45) is 0 Å². The van der Waals surface area contributed by atoms with E-state index in [9.17, 15) is 0 Å². The maximum absolute atomic E-state index is 6.04. The molecule has 0 saturated heterocycles. The van der Waals surface area contributed by atoms with Crippen LogP contribution in [0.15, 0.2) is 54.7 Å². The summed E-state index contributed by atoms with van der Waals surface area (Å²) in [6.45, 7) is 0.799. The molecule has 0 aliphatic heterocycles. The largest absolute Gasteiger partial charge is 0.495 e. The summed E-state index contributed by atoms with van der Waals surface area (Å²) in [6.07, 6.45) is 3.61. The van der Waals surface area contributed by atoms with Gasteiger partial charge in [0.2, 0.25) is 5.95 Å². The fourth-order valence-electron chi connectivity index (χ4n) is 2.49. The minimum absolute atomic E-state index is 0.374. The number of rotatable bonds is 8. The summed E-state index contributed by atoms with van der Waals surface area (Å²) in [5, 5.41) is 14.9. The second kappa shape index (κ2) is 9.01. The molecule has 2 aromatic carbocycles. The lowest BCUT2D eigenvalue weighted by atomic mass is 10.1. The molecule has 0 fully saturated rings. The molecule has 26 heavy (non-hydrogen) atoms. The molecule has 3 aromatic rings. The lowest BCUT2D eigenvalue weighted by molar-refractivity contribution is 0.417. The maximum Gasteiger partial charge on any atom is 0.249 e. The van der Waals surface area contributed by atoms with E-state index in [2.05, 4.69) is 50.1 Å². The summed E-state index contributed by atoms with van der Waals surface area (Å²) < 4.78 is 5.31. The summed E-state index contributed by atoms with van der Waals surface area (Å²) in [6, 6.07) is 15.7. The summed E-state index contributed by atoms with van der Waals surface area (Å²) >= 11 is 6.04. The van der Waals surface area contributed by atoms with E-state index in [0.29, 0.717) is 28.2 Å². The molecule has 0 spiro atoms. The van der Waals surface area contributed by atoms with Gasteiger partial charge in [0.15, 0.2) is 5.82 Å². The number of anilines is 3. The molecule has 0 amide bonds. The van der Waals surface area contributed by atoms with Gasteiger partial charge in [-0.05, 0) is 36.6 Å². The van der Waals surface area contributed by atoms with Gasteiger partial charge in [-0.25, -0.2) is 0 Å². The third-order valence-corrected chi connectivity index (χ3v) is 3.99. The predicted molar refractivity (Wildman–Crippen MR) is 104 cm³/mol. The van der Waals surface area contributed by atoms with Crippen molar-refractivity contribution < 1.29 is 4.74 Å². The molecule has 134 valence electrons. The maximum atomic E-state index is 6.04. The summed E-state index contributed by atoms with van der Waals surface area (Å²) in [4.78, 5) is 4.42. The van der Waals surface area contributed by atoms with Gasteiger partial charge in [0, 0.05) is 11.6 Å². The fourth-order valence-corrected chi connectivity index (χ4v) is 2.67. The Kier molecular flexibility index (Phi) is 6.22. The van der Waals surface area contributed by atoms with Crippen molar-refractivity contribution in [2.75, 3.05) is 24.3 Å². The van der Waals surface area contributed by atoms with E-state index >= 15 is 0 Å². The molecule has 7 heteroatoms. The quantitative estimate of drug-likeness (QED) is 0.576. The number of hydrogen-bond acceptors (Lipinski definition) is 6. The van der Waals surface area contributed by atoms with Gasteiger partial charge < -0.3 is 15.4 Å². The molecule has 1 aromatic heterocycles. The first-order chi connectivity index (χ1) is 12.7. The molecule has 0 atom stereocenters. The Hall–Kier alpha value is -2.86. The molecule has 0 aliphatic carbocycles. The van der Waals surface area contributed by atoms with E-state index < -0.39 is 0 Å². The van der Waals surface area contributed by atoms with Crippen LogP contribution in [-0.2, 0) is 6.42 Å². The summed E-state index contributed by atoms with van der Waals surface area (Å²) in [7, 11) is 1.60. The van der Waals surface area contributed by atoms with E-state index in [1.165, 1.54) is 5.56 Å². The third-order valence-electron chi connectivity index (χ3n) is 3.76. The molecule has 2 N–H and O–H groups in total. The van der Waals surface area contributed by atoms with Crippen molar-refractivity contribution in [2.45, 2.75) is 12.8 Å². The molecule has 3 rings (SSSR count). The van der Waals surface area contributed by atoms with Gasteiger partial charge in [-0.1, -0.05) is 41.9 Å². The highest BCUT2D eigenvalue weighted by Gasteiger charge is 2.07. The first kappa shape index (κ1) is 17.9. The van der Waals surface area contributed by atoms with Gasteiger partial charge in [0.05, 0.1) is 19.0 Å². The molecular formula is C19H20ClN5O. The van der Waals surface area contributed by atoms with Crippen LogP contribution in [0.25, 0.3) is 0 Å². The zero-order valence-corrected chi connectivity index (χ0v) is 15.2. The molecular weight excluding hydrogens is 350 g/mol. The zero-order valence-electron chi connectivity index (χ0n) is 14.4. The molecule has 1 heterocycles. The third kappa shape index (κ3) is 5.07. The van der Waals surface area contributed by atoms with E-state index in [-0.39, 0.29) is 0 Å². The first-order valence-electron chi connectivity index (χ1n) is 8.32. The molecule has 0 bridgehead atoms. The number of benzene rings is 2. The second-order valence-corrected chi connectivity index (χ2v) is 6.09. The SMILES string of the molecule is COc1ccc(Cl)cc1Nc1nncc(NCCCc2ccccc2)n1. The molecule has 0 saturated carbocycles. The van der Waals surface area contributed by atoms with Crippen molar-refractivity contribution in [1.82, 2.24) is 15.2 Å². The number of hydrogen-bond donors (Lipinski definition) is 2. The Balaban J connectivity index is 1.57. The van der Waals surface area contributed by atoms with Crippen molar-refractivity contribution in [3.8, 4) is 5.75 Å². The average Bonchev–Trinajstić information content (AvgIpc) is 2.67. The summed E-state index contributed by atoms with van der Waals surface area (Å²) in [5.74, 6) is 1.69. The van der Waals surface area contributed by atoms with E-state index in [1.807, 2.05) is 6.07 Å². The van der Waals surface area contributed by atoms with Gasteiger partial charge in [0.1, 0.15) is 5.75 Å². The Morgan fingerprint density at radius 1 is 1.12 bits per heavy atom. The van der Waals surface area contributed by atoms with Crippen LogP contribution in [0.2, 0.25) is 5.02 Å². The molecule has 0 radical (unpaired) electrons. The second-order valence-electron chi connectivity index (χ2n) is 5.65. The van der Waals surface area contributed by atoms with Gasteiger partial charge in [-0.3, -0.25) is 0 Å². The molecule has 6 nitrogen and oxygen atoms in total. The standard InChI is InChI=1S/C19H20ClN5O/c1-26-17-10-9-15(20)12-16(17)23-19-24-18(13-22-25-19)21-11-5-8-14-6-3-2-4-7-14/h2-4,6-7,9-10,12-13H,5,8,11H2,1H3,(H2,21,23,24,25). The normalized spacial score (nSPS) is 10.4. The predicted octanol–water partition coefficient (Wildman–Crippen LogP) is 4.32. The lowest BCUT2D eigenvalue weighted by Gasteiger charge is -2.11. The minimum atomic E-state index is 0.374. The van der Waals surface area contributed by atoms with Crippen LogP contribution in [0.5, 0.6) is 5.75 Å². The summed E-state index contributed by atoms with van der Waals surface area (Å²) in [5.41, 5.74) is 2.01. The number of nitrogens with zero attached hydrogens (tertiary/aromatic N) is 3. The van der Waals surface area contributed by atoms with Gasteiger partial charge in [-0.2, -0.15) is 10.1 Å². The van der Waals surface area contributed by atoms with E-state index in [1.54, 1.807) is 31.5 Å². The van der Waals surface area contributed by atoms with Crippen molar-refractivity contribution in [3.05, 3.63) is 65.3 Å². The Bertz CT molecular complexity index is 844. The highest BCUT2D eigenvalue weighted by molar-refractivity contribution is 6.30. The molecule has 0 unspecified atom stereocenters. The number of aromatic nitrogens is 3. The highest BCUT2D eigenvalue weighted by Crippen LogP contribution is 2.29. The smallest absolute Gasteiger partial charge is 0.249 e. The number of nitrogens with one attached hydrogen (secondary N) is 2. The van der Waals surface area contributed by atoms with Gasteiger partial charge in [0.25, 0.3) is 0 Å². The van der Waals surface area contributed by atoms with Gasteiger partial charge in [-0.15, -0.1) is 5.10 Å². The van der Waals surface area contributed by atoms with Crippen molar-refractivity contribution in [3.63, 3.8) is 0 Å².